The van der Waals surface area contributed by atoms with Gasteiger partial charge in [-0.1, -0.05) is 103 Å². The minimum Gasteiger partial charge on any atom is -0.399 e. The Labute approximate surface area is 189 Å². The van der Waals surface area contributed by atoms with Gasteiger partial charge in [-0.15, -0.1) is 0 Å². The van der Waals surface area contributed by atoms with Crippen molar-refractivity contribution in [2.24, 2.45) is 0 Å². The summed E-state index contributed by atoms with van der Waals surface area (Å²) in [7, 11) is 0. The largest absolute Gasteiger partial charge is 0.399 e. The number of hydrogen-bond acceptors (Lipinski definition) is 2. The van der Waals surface area contributed by atoms with Gasteiger partial charge in [0.2, 0.25) is 0 Å². The van der Waals surface area contributed by atoms with Crippen molar-refractivity contribution in [1.29, 1.82) is 0 Å². The van der Waals surface area contributed by atoms with Crippen LogP contribution in [0.4, 0.5) is 11.4 Å². The van der Waals surface area contributed by atoms with Crippen LogP contribution >= 0.6 is 0 Å². The van der Waals surface area contributed by atoms with Crippen LogP contribution in [0.2, 0.25) is 0 Å². The zero-order chi connectivity index (χ0) is 22.2. The third kappa shape index (κ3) is 5.44. The summed E-state index contributed by atoms with van der Waals surface area (Å²) in [5.41, 5.74) is 20.1. The minimum atomic E-state index is 0.782. The van der Waals surface area contributed by atoms with Crippen LogP contribution in [0, 0.1) is 0 Å². The maximum Gasteiger partial charge on any atom is 0.0314 e. The van der Waals surface area contributed by atoms with E-state index in [0.717, 1.165) is 22.5 Å². The highest BCUT2D eigenvalue weighted by atomic mass is 14.5. The third-order valence-corrected chi connectivity index (χ3v) is 5.23. The van der Waals surface area contributed by atoms with Crippen LogP contribution in [0.5, 0.6) is 0 Å². The Hall–Kier alpha value is -4.30. The van der Waals surface area contributed by atoms with Gasteiger partial charge in [0.05, 0.1) is 0 Å². The smallest absolute Gasteiger partial charge is 0.0314 e. The number of nitrogen functional groups attached to an aromatic ring is 2. The molecule has 5 aromatic rings. The summed E-state index contributed by atoms with van der Waals surface area (Å²) in [6, 6.07) is 45.2. The lowest BCUT2D eigenvalue weighted by molar-refractivity contribution is 1.59. The number of anilines is 2. The molecule has 5 aromatic carbocycles. The summed E-state index contributed by atoms with van der Waals surface area (Å²) in [4.78, 5) is 0. The zero-order valence-corrected chi connectivity index (χ0v) is 17.9. The van der Waals surface area contributed by atoms with Crippen molar-refractivity contribution in [1.82, 2.24) is 0 Å². The molecule has 0 saturated heterocycles. The van der Waals surface area contributed by atoms with Gasteiger partial charge in [-0.2, -0.15) is 0 Å². The van der Waals surface area contributed by atoms with E-state index in [0.29, 0.717) is 0 Å². The number of rotatable bonds is 3. The molecule has 0 spiro atoms. The first-order valence-electron chi connectivity index (χ1n) is 10.6. The molecule has 5 rings (SSSR count). The van der Waals surface area contributed by atoms with Crippen LogP contribution in [-0.2, 0) is 0 Å². The molecule has 2 nitrogen and oxygen atoms in total. The molecule has 4 N–H and O–H groups in total. The quantitative estimate of drug-likeness (QED) is 0.300. The first-order chi connectivity index (χ1) is 15.7. The van der Waals surface area contributed by atoms with Crippen LogP contribution < -0.4 is 11.5 Å². The molecule has 0 aliphatic carbocycles. The van der Waals surface area contributed by atoms with Crippen molar-refractivity contribution in [3.8, 4) is 33.4 Å². The number of nitrogens with two attached hydrogens (primary N) is 2. The van der Waals surface area contributed by atoms with E-state index < -0.39 is 0 Å². The molecule has 0 heterocycles. The summed E-state index contributed by atoms with van der Waals surface area (Å²) < 4.78 is 0. The minimum absolute atomic E-state index is 0.782. The molecule has 0 unspecified atom stereocenters. The van der Waals surface area contributed by atoms with Gasteiger partial charge in [-0.25, -0.2) is 0 Å². The van der Waals surface area contributed by atoms with Gasteiger partial charge >= 0.3 is 0 Å². The van der Waals surface area contributed by atoms with E-state index in [1.165, 1.54) is 22.3 Å². The monoisotopic (exact) mass is 414 g/mol. The molecular weight excluding hydrogens is 388 g/mol. The molecule has 0 amide bonds. The van der Waals surface area contributed by atoms with Crippen molar-refractivity contribution in [2.45, 2.75) is 0 Å². The lowest BCUT2D eigenvalue weighted by Crippen LogP contribution is -1.85. The molecule has 2 heteroatoms. The summed E-state index contributed by atoms with van der Waals surface area (Å²) in [5.74, 6) is 0. The van der Waals surface area contributed by atoms with Gasteiger partial charge in [-0.05, 0) is 63.7 Å². The Morgan fingerprint density at radius 2 is 0.594 bits per heavy atom. The van der Waals surface area contributed by atoms with Crippen molar-refractivity contribution in [3.63, 3.8) is 0 Å². The second-order valence-corrected chi connectivity index (χ2v) is 7.56. The van der Waals surface area contributed by atoms with Crippen molar-refractivity contribution >= 4 is 11.4 Å². The summed E-state index contributed by atoms with van der Waals surface area (Å²) in [5, 5.41) is 0. The Morgan fingerprint density at radius 3 is 0.969 bits per heavy atom. The summed E-state index contributed by atoms with van der Waals surface area (Å²) >= 11 is 0. The fourth-order valence-corrected chi connectivity index (χ4v) is 3.49. The molecule has 156 valence electrons. The Balaban J connectivity index is 0.000000158. The number of benzene rings is 5. The molecule has 0 atom stereocenters. The van der Waals surface area contributed by atoms with Crippen LogP contribution in [0.3, 0.4) is 0 Å². The van der Waals surface area contributed by atoms with E-state index in [1.807, 2.05) is 60.7 Å². The van der Waals surface area contributed by atoms with Crippen LogP contribution in [0.1, 0.15) is 0 Å². The molecule has 0 aromatic heterocycles. The van der Waals surface area contributed by atoms with E-state index in [1.54, 1.807) is 0 Å². The van der Waals surface area contributed by atoms with Gasteiger partial charge in [0.1, 0.15) is 0 Å². The average molecular weight is 415 g/mol. The standard InChI is InChI=1S/C18H14.C12H12N2/c1-3-8-15(9-4-1)17-12-7-13-18(14-17)16-10-5-2-6-11-16;13-11-5-1-9(2-6-11)10-3-7-12(14)8-4-10/h1-14H;1-8H,13-14H2. The highest BCUT2D eigenvalue weighted by molar-refractivity contribution is 5.73. The Kier molecular flexibility index (Phi) is 6.64. The molecule has 0 radical (unpaired) electrons. The second-order valence-electron chi connectivity index (χ2n) is 7.56. The zero-order valence-electron chi connectivity index (χ0n) is 17.9. The lowest BCUT2D eigenvalue weighted by atomic mass is 9.99. The van der Waals surface area contributed by atoms with E-state index >= 15 is 0 Å². The van der Waals surface area contributed by atoms with Crippen LogP contribution in [0.15, 0.2) is 133 Å². The topological polar surface area (TPSA) is 52.0 Å². The van der Waals surface area contributed by atoms with Gasteiger partial charge in [0.15, 0.2) is 0 Å². The molecule has 0 bridgehead atoms. The molecule has 0 saturated carbocycles. The van der Waals surface area contributed by atoms with Crippen molar-refractivity contribution in [3.05, 3.63) is 133 Å². The first kappa shape index (κ1) is 21.0. The Bertz CT molecular complexity index is 1150. The maximum absolute atomic E-state index is 5.61. The van der Waals surface area contributed by atoms with Gasteiger partial charge < -0.3 is 11.5 Å². The highest BCUT2D eigenvalue weighted by Crippen LogP contribution is 2.26. The van der Waals surface area contributed by atoms with Crippen molar-refractivity contribution < 1.29 is 0 Å². The Morgan fingerprint density at radius 1 is 0.281 bits per heavy atom. The van der Waals surface area contributed by atoms with E-state index in [-0.39, 0.29) is 0 Å². The summed E-state index contributed by atoms with van der Waals surface area (Å²) in [6.07, 6.45) is 0. The third-order valence-electron chi connectivity index (χ3n) is 5.23. The predicted molar refractivity (Wildman–Crippen MR) is 138 cm³/mol. The van der Waals surface area contributed by atoms with Gasteiger partial charge in [-0.3, -0.25) is 0 Å². The van der Waals surface area contributed by atoms with Crippen molar-refractivity contribution in [2.75, 3.05) is 11.5 Å². The van der Waals surface area contributed by atoms with E-state index in [9.17, 15) is 0 Å². The molecular formula is C30H26N2. The van der Waals surface area contributed by atoms with Gasteiger partial charge in [0.25, 0.3) is 0 Å². The molecule has 0 aliphatic heterocycles. The highest BCUT2D eigenvalue weighted by Gasteiger charge is 2.00. The van der Waals surface area contributed by atoms with Gasteiger partial charge in [0, 0.05) is 11.4 Å². The van der Waals surface area contributed by atoms with E-state index in [2.05, 4.69) is 72.8 Å². The second kappa shape index (κ2) is 10.1. The fourth-order valence-electron chi connectivity index (χ4n) is 3.49. The molecule has 0 aliphatic rings. The summed E-state index contributed by atoms with van der Waals surface area (Å²) in [6.45, 7) is 0. The SMILES string of the molecule is Nc1ccc(-c2ccc(N)cc2)cc1.c1ccc(-c2cccc(-c3ccccc3)c2)cc1. The normalized spacial score (nSPS) is 10.1. The first-order valence-corrected chi connectivity index (χ1v) is 10.6. The van der Waals surface area contributed by atoms with E-state index in [4.69, 9.17) is 11.5 Å². The lowest BCUT2D eigenvalue weighted by Gasteiger charge is -2.05. The average Bonchev–Trinajstić information content (AvgIpc) is 2.87. The predicted octanol–water partition coefficient (Wildman–Crippen LogP) is 7.54. The number of hydrogen-bond donors (Lipinski definition) is 2. The molecule has 32 heavy (non-hydrogen) atoms. The molecule has 0 fully saturated rings. The van der Waals surface area contributed by atoms with Crippen LogP contribution in [0.25, 0.3) is 33.4 Å². The maximum atomic E-state index is 5.61. The van der Waals surface area contributed by atoms with Crippen LogP contribution in [-0.4, -0.2) is 0 Å². The fraction of sp³-hybridized carbons (Fsp3) is 0.